The van der Waals surface area contributed by atoms with Crippen LogP contribution in [0.4, 0.5) is 0 Å². The van der Waals surface area contributed by atoms with Crippen LogP contribution in [0.2, 0.25) is 0 Å². The van der Waals surface area contributed by atoms with E-state index in [2.05, 4.69) is 0 Å². The number of nitrogens with two attached hydrogens (primary N) is 1. The molecular weight excluding hydrogens is 206 g/mol. The van der Waals surface area contributed by atoms with E-state index in [1.807, 2.05) is 19.9 Å². The van der Waals surface area contributed by atoms with Gasteiger partial charge in [-0.15, -0.1) is 0 Å². The quantitative estimate of drug-likeness (QED) is 0.789. The summed E-state index contributed by atoms with van der Waals surface area (Å²) in [7, 11) is 1.34. The number of carbonyl (C=O) groups is 1. The molecule has 0 heterocycles. The Kier molecular flexibility index (Phi) is 4.31. The molecule has 16 heavy (non-hydrogen) atoms. The number of carbonyl (C=O) groups excluding carboxylic acids is 1. The topological polar surface area (TPSA) is 61.5 Å². The summed E-state index contributed by atoms with van der Waals surface area (Å²) in [6, 6.07) is 5.28. The van der Waals surface area contributed by atoms with Gasteiger partial charge in [-0.1, -0.05) is 6.07 Å². The van der Waals surface area contributed by atoms with E-state index in [1.165, 1.54) is 7.11 Å². The Hall–Kier alpha value is -1.55. The molecular formula is C12H17NO3. The van der Waals surface area contributed by atoms with E-state index in [4.69, 9.17) is 15.2 Å². The second-order valence-electron chi connectivity index (χ2n) is 3.69. The van der Waals surface area contributed by atoms with Crippen LogP contribution in [0.25, 0.3) is 0 Å². The number of esters is 1. The fourth-order valence-electron chi connectivity index (χ4n) is 1.33. The van der Waals surface area contributed by atoms with Gasteiger partial charge in [-0.05, 0) is 31.5 Å². The molecule has 4 heteroatoms. The highest BCUT2D eigenvalue weighted by molar-refractivity contribution is 5.92. The van der Waals surface area contributed by atoms with Crippen LogP contribution in [-0.4, -0.2) is 19.2 Å². The van der Waals surface area contributed by atoms with Crippen LogP contribution in [0.1, 0.15) is 29.8 Å². The maximum absolute atomic E-state index is 11.5. The van der Waals surface area contributed by atoms with Crippen LogP contribution < -0.4 is 10.5 Å². The normalized spacial score (nSPS) is 10.3. The van der Waals surface area contributed by atoms with Crippen LogP contribution in [0, 0.1) is 0 Å². The first-order chi connectivity index (χ1) is 7.58. The van der Waals surface area contributed by atoms with Crippen molar-refractivity contribution in [1.29, 1.82) is 0 Å². The molecule has 0 aromatic heterocycles. The monoisotopic (exact) mass is 223 g/mol. The summed E-state index contributed by atoms with van der Waals surface area (Å²) >= 11 is 0. The fourth-order valence-corrected chi connectivity index (χ4v) is 1.33. The SMILES string of the molecule is COC(=O)c1cc(CN)ccc1OC(C)C. The third-order valence-electron chi connectivity index (χ3n) is 2.05. The molecule has 4 nitrogen and oxygen atoms in total. The maximum Gasteiger partial charge on any atom is 0.341 e. The van der Waals surface area contributed by atoms with Crippen molar-refractivity contribution < 1.29 is 14.3 Å². The molecule has 88 valence electrons. The van der Waals surface area contributed by atoms with Gasteiger partial charge in [-0.3, -0.25) is 0 Å². The van der Waals surface area contributed by atoms with Crippen molar-refractivity contribution in [1.82, 2.24) is 0 Å². The molecule has 0 aliphatic heterocycles. The van der Waals surface area contributed by atoms with Crippen molar-refractivity contribution in [3.8, 4) is 5.75 Å². The molecule has 1 aromatic carbocycles. The second-order valence-corrected chi connectivity index (χ2v) is 3.69. The molecule has 0 aliphatic rings. The van der Waals surface area contributed by atoms with E-state index in [-0.39, 0.29) is 6.10 Å². The summed E-state index contributed by atoms with van der Waals surface area (Å²) in [6.07, 6.45) is 0.00660. The summed E-state index contributed by atoms with van der Waals surface area (Å²) in [5.41, 5.74) is 6.81. The van der Waals surface area contributed by atoms with Gasteiger partial charge in [0.25, 0.3) is 0 Å². The molecule has 1 aromatic rings. The Labute approximate surface area is 95.3 Å². The first-order valence-corrected chi connectivity index (χ1v) is 5.16. The molecule has 0 saturated carbocycles. The Morgan fingerprint density at radius 3 is 2.62 bits per heavy atom. The lowest BCUT2D eigenvalue weighted by atomic mass is 10.1. The largest absolute Gasteiger partial charge is 0.490 e. The number of hydrogen-bond acceptors (Lipinski definition) is 4. The third kappa shape index (κ3) is 2.97. The molecule has 2 N–H and O–H groups in total. The summed E-state index contributed by atoms with van der Waals surface area (Å²) in [5.74, 6) is 0.116. The number of methoxy groups -OCH3 is 1. The van der Waals surface area contributed by atoms with Crippen molar-refractivity contribution in [2.75, 3.05) is 7.11 Å². The highest BCUT2D eigenvalue weighted by Gasteiger charge is 2.14. The summed E-state index contributed by atoms with van der Waals surface area (Å²) in [5, 5.41) is 0. The van der Waals surface area contributed by atoms with Gasteiger partial charge in [0.2, 0.25) is 0 Å². The second kappa shape index (κ2) is 5.51. The van der Waals surface area contributed by atoms with Crippen LogP contribution in [0.3, 0.4) is 0 Å². The lowest BCUT2D eigenvalue weighted by Crippen LogP contribution is -2.12. The van der Waals surface area contributed by atoms with Crippen LogP contribution in [0.5, 0.6) is 5.75 Å². The number of ether oxygens (including phenoxy) is 2. The minimum absolute atomic E-state index is 0.00660. The van der Waals surface area contributed by atoms with E-state index in [0.717, 1.165) is 5.56 Å². The molecule has 0 fully saturated rings. The summed E-state index contributed by atoms with van der Waals surface area (Å²) < 4.78 is 10.2. The van der Waals surface area contributed by atoms with E-state index < -0.39 is 5.97 Å². The molecule has 0 bridgehead atoms. The molecule has 1 rings (SSSR count). The highest BCUT2D eigenvalue weighted by atomic mass is 16.5. The molecule has 0 unspecified atom stereocenters. The zero-order valence-corrected chi connectivity index (χ0v) is 9.82. The van der Waals surface area contributed by atoms with Crippen molar-refractivity contribution in [2.45, 2.75) is 26.5 Å². The predicted octanol–water partition coefficient (Wildman–Crippen LogP) is 1.72. The smallest absolute Gasteiger partial charge is 0.341 e. The van der Waals surface area contributed by atoms with Crippen LogP contribution in [-0.2, 0) is 11.3 Å². The van der Waals surface area contributed by atoms with Gasteiger partial charge in [-0.25, -0.2) is 4.79 Å². The fraction of sp³-hybridized carbons (Fsp3) is 0.417. The Bertz CT molecular complexity index is 375. The van der Waals surface area contributed by atoms with E-state index >= 15 is 0 Å². The van der Waals surface area contributed by atoms with Gasteiger partial charge in [0.1, 0.15) is 11.3 Å². The van der Waals surface area contributed by atoms with E-state index in [0.29, 0.717) is 17.9 Å². The minimum Gasteiger partial charge on any atom is -0.490 e. The van der Waals surface area contributed by atoms with Gasteiger partial charge in [0, 0.05) is 6.54 Å². The third-order valence-corrected chi connectivity index (χ3v) is 2.05. The molecule has 0 spiro atoms. The maximum atomic E-state index is 11.5. The van der Waals surface area contributed by atoms with Gasteiger partial charge < -0.3 is 15.2 Å². The van der Waals surface area contributed by atoms with Gasteiger partial charge in [0.05, 0.1) is 13.2 Å². The number of hydrogen-bond donors (Lipinski definition) is 1. The highest BCUT2D eigenvalue weighted by Crippen LogP contribution is 2.22. The minimum atomic E-state index is -0.411. The van der Waals surface area contributed by atoms with Crippen molar-refractivity contribution in [2.24, 2.45) is 5.73 Å². The van der Waals surface area contributed by atoms with E-state index in [1.54, 1.807) is 12.1 Å². The summed E-state index contributed by atoms with van der Waals surface area (Å²) in [6.45, 7) is 4.18. The van der Waals surface area contributed by atoms with Crippen molar-refractivity contribution in [3.05, 3.63) is 29.3 Å². The number of benzene rings is 1. The average molecular weight is 223 g/mol. The zero-order chi connectivity index (χ0) is 12.1. The molecule has 0 atom stereocenters. The van der Waals surface area contributed by atoms with Gasteiger partial charge >= 0.3 is 5.97 Å². The molecule has 0 aliphatic carbocycles. The molecule has 0 saturated heterocycles. The Balaban J connectivity index is 3.11. The first kappa shape index (κ1) is 12.5. The van der Waals surface area contributed by atoms with Crippen molar-refractivity contribution in [3.63, 3.8) is 0 Å². The first-order valence-electron chi connectivity index (χ1n) is 5.16. The van der Waals surface area contributed by atoms with Crippen molar-refractivity contribution >= 4 is 5.97 Å². The Morgan fingerprint density at radius 2 is 2.12 bits per heavy atom. The van der Waals surface area contributed by atoms with Gasteiger partial charge in [0.15, 0.2) is 0 Å². The Morgan fingerprint density at radius 1 is 1.44 bits per heavy atom. The lowest BCUT2D eigenvalue weighted by molar-refractivity contribution is 0.0594. The van der Waals surface area contributed by atoms with Gasteiger partial charge in [-0.2, -0.15) is 0 Å². The zero-order valence-electron chi connectivity index (χ0n) is 9.82. The average Bonchev–Trinajstić information content (AvgIpc) is 2.28. The summed E-state index contributed by atoms with van der Waals surface area (Å²) in [4.78, 5) is 11.5. The van der Waals surface area contributed by atoms with E-state index in [9.17, 15) is 4.79 Å². The van der Waals surface area contributed by atoms with Crippen LogP contribution in [0.15, 0.2) is 18.2 Å². The lowest BCUT2D eigenvalue weighted by Gasteiger charge is -2.13. The van der Waals surface area contributed by atoms with Crippen LogP contribution >= 0.6 is 0 Å². The standard InChI is InChI=1S/C12H17NO3/c1-8(2)16-11-5-4-9(7-13)6-10(11)12(14)15-3/h4-6,8H,7,13H2,1-3H3. The predicted molar refractivity (Wildman–Crippen MR) is 61.4 cm³/mol. The molecule has 0 radical (unpaired) electrons. The molecule has 0 amide bonds. The number of rotatable bonds is 4.